The molecule has 2 fully saturated rings. The van der Waals surface area contributed by atoms with Crippen LogP contribution >= 0.6 is 0 Å². The van der Waals surface area contributed by atoms with E-state index in [1.54, 1.807) is 0 Å². The van der Waals surface area contributed by atoms with Crippen molar-refractivity contribution in [1.29, 1.82) is 0 Å². The molecule has 2 aliphatic rings. The minimum Gasteiger partial charge on any atom is -0.361 e. The fraction of sp³-hybridized carbons (Fsp3) is 0.769. The zero-order valence-corrected chi connectivity index (χ0v) is 10.6. The Morgan fingerprint density at radius 3 is 3.12 bits per heavy atom. The van der Waals surface area contributed by atoms with Crippen molar-refractivity contribution in [3.63, 3.8) is 0 Å². The van der Waals surface area contributed by atoms with E-state index in [2.05, 4.69) is 15.0 Å². The van der Waals surface area contributed by atoms with E-state index in [0.717, 1.165) is 24.0 Å². The highest BCUT2D eigenvalue weighted by Crippen LogP contribution is 2.21. The lowest BCUT2D eigenvalue weighted by Gasteiger charge is -2.43. The van der Waals surface area contributed by atoms with Crippen molar-refractivity contribution in [3.8, 4) is 0 Å². The molecule has 0 saturated carbocycles. The van der Waals surface area contributed by atoms with Gasteiger partial charge in [0, 0.05) is 38.3 Å². The van der Waals surface area contributed by atoms with Crippen LogP contribution in [0, 0.1) is 6.92 Å². The molecule has 0 spiro atoms. The van der Waals surface area contributed by atoms with Crippen LogP contribution < -0.4 is 0 Å². The Balaban J connectivity index is 1.58. The van der Waals surface area contributed by atoms with Gasteiger partial charge >= 0.3 is 0 Å². The minimum absolute atomic E-state index is 0.783. The summed E-state index contributed by atoms with van der Waals surface area (Å²) in [4.78, 5) is 5.18. The molecule has 2 saturated heterocycles. The van der Waals surface area contributed by atoms with Crippen LogP contribution in [-0.2, 0) is 6.54 Å². The van der Waals surface area contributed by atoms with Crippen LogP contribution in [0.5, 0.6) is 0 Å². The van der Waals surface area contributed by atoms with E-state index in [0.29, 0.717) is 0 Å². The molecule has 0 bridgehead atoms. The molecule has 1 aromatic rings. The molecule has 1 unspecified atom stereocenters. The second-order valence-electron chi connectivity index (χ2n) is 5.35. The van der Waals surface area contributed by atoms with E-state index in [9.17, 15) is 0 Å². The number of nitrogens with zero attached hydrogens (tertiary/aromatic N) is 3. The Kier molecular flexibility index (Phi) is 3.16. The molecule has 3 heterocycles. The van der Waals surface area contributed by atoms with Crippen LogP contribution in [0.2, 0.25) is 0 Å². The van der Waals surface area contributed by atoms with Crippen molar-refractivity contribution in [3.05, 3.63) is 17.5 Å². The van der Waals surface area contributed by atoms with Crippen molar-refractivity contribution >= 4 is 0 Å². The zero-order valence-electron chi connectivity index (χ0n) is 10.6. The first-order valence-corrected chi connectivity index (χ1v) is 6.70. The summed E-state index contributed by atoms with van der Waals surface area (Å²) in [7, 11) is 0. The SMILES string of the molecule is Cc1cc(CN2CCN3CCCCC3C2)no1. The Morgan fingerprint density at radius 2 is 2.29 bits per heavy atom. The van der Waals surface area contributed by atoms with Gasteiger partial charge < -0.3 is 4.52 Å². The Labute approximate surface area is 103 Å². The Morgan fingerprint density at radius 1 is 1.35 bits per heavy atom. The molecule has 4 nitrogen and oxygen atoms in total. The molecule has 2 aliphatic heterocycles. The lowest BCUT2D eigenvalue weighted by Crippen LogP contribution is -2.54. The minimum atomic E-state index is 0.783. The molecular formula is C13H21N3O. The van der Waals surface area contributed by atoms with Crippen molar-refractivity contribution in [2.45, 2.75) is 38.8 Å². The number of piperidine rings is 1. The molecule has 3 rings (SSSR count). The van der Waals surface area contributed by atoms with Gasteiger partial charge in [-0.05, 0) is 26.3 Å². The average Bonchev–Trinajstić information content (AvgIpc) is 2.75. The zero-order chi connectivity index (χ0) is 11.7. The van der Waals surface area contributed by atoms with Gasteiger partial charge in [-0.15, -0.1) is 0 Å². The third-order valence-electron chi connectivity index (χ3n) is 3.98. The standard InChI is InChI=1S/C13H21N3O/c1-11-8-12(14-17-11)9-15-6-7-16-5-3-2-4-13(16)10-15/h8,13H,2-7,9-10H2,1H3. The van der Waals surface area contributed by atoms with Crippen molar-refractivity contribution in [2.75, 3.05) is 26.2 Å². The van der Waals surface area contributed by atoms with Gasteiger partial charge in [0.1, 0.15) is 5.76 Å². The van der Waals surface area contributed by atoms with E-state index in [4.69, 9.17) is 4.52 Å². The van der Waals surface area contributed by atoms with Gasteiger partial charge in [0.2, 0.25) is 0 Å². The maximum absolute atomic E-state index is 5.13. The summed E-state index contributed by atoms with van der Waals surface area (Å²) in [6, 6.07) is 2.83. The van der Waals surface area contributed by atoms with Crippen LogP contribution in [0.4, 0.5) is 0 Å². The molecule has 17 heavy (non-hydrogen) atoms. The van der Waals surface area contributed by atoms with E-state index < -0.39 is 0 Å². The van der Waals surface area contributed by atoms with Crippen LogP contribution in [-0.4, -0.2) is 47.2 Å². The molecular weight excluding hydrogens is 214 g/mol. The van der Waals surface area contributed by atoms with Gasteiger partial charge in [-0.1, -0.05) is 11.6 Å². The monoisotopic (exact) mass is 235 g/mol. The quantitative estimate of drug-likeness (QED) is 0.780. The maximum atomic E-state index is 5.13. The second-order valence-corrected chi connectivity index (χ2v) is 5.35. The molecule has 0 aliphatic carbocycles. The van der Waals surface area contributed by atoms with Crippen LogP contribution in [0.15, 0.2) is 10.6 Å². The summed E-state index contributed by atoms with van der Waals surface area (Å²) in [5.74, 6) is 0.913. The third-order valence-corrected chi connectivity index (χ3v) is 3.98. The average molecular weight is 235 g/mol. The summed E-state index contributed by atoms with van der Waals surface area (Å²) in [5.41, 5.74) is 1.08. The molecule has 94 valence electrons. The fourth-order valence-electron chi connectivity index (χ4n) is 3.09. The summed E-state index contributed by atoms with van der Waals surface area (Å²) in [5, 5.41) is 4.08. The molecule has 0 N–H and O–H groups in total. The first-order valence-electron chi connectivity index (χ1n) is 6.70. The van der Waals surface area contributed by atoms with Crippen LogP contribution in [0.1, 0.15) is 30.7 Å². The van der Waals surface area contributed by atoms with E-state index >= 15 is 0 Å². The maximum Gasteiger partial charge on any atom is 0.133 e. The normalized spacial score (nSPS) is 27.0. The van der Waals surface area contributed by atoms with Crippen molar-refractivity contribution in [1.82, 2.24) is 15.0 Å². The Bertz CT molecular complexity index is 376. The second kappa shape index (κ2) is 4.78. The van der Waals surface area contributed by atoms with E-state index in [1.807, 2.05) is 13.0 Å². The number of rotatable bonds is 2. The van der Waals surface area contributed by atoms with Gasteiger partial charge in [0.15, 0.2) is 0 Å². The number of hydrogen-bond donors (Lipinski definition) is 0. The number of hydrogen-bond acceptors (Lipinski definition) is 4. The molecule has 0 amide bonds. The van der Waals surface area contributed by atoms with Gasteiger partial charge in [-0.3, -0.25) is 9.80 Å². The highest BCUT2D eigenvalue weighted by atomic mass is 16.5. The summed E-state index contributed by atoms with van der Waals surface area (Å²) in [6.45, 7) is 7.80. The molecule has 1 aromatic heterocycles. The van der Waals surface area contributed by atoms with Gasteiger partial charge in [0.05, 0.1) is 5.69 Å². The Hall–Kier alpha value is -0.870. The highest BCUT2D eigenvalue weighted by molar-refractivity contribution is 5.03. The molecule has 0 radical (unpaired) electrons. The molecule has 4 heteroatoms. The van der Waals surface area contributed by atoms with E-state index in [1.165, 1.54) is 45.4 Å². The summed E-state index contributed by atoms with van der Waals surface area (Å²) < 4.78 is 5.13. The van der Waals surface area contributed by atoms with Crippen molar-refractivity contribution < 1.29 is 4.52 Å². The van der Waals surface area contributed by atoms with Crippen molar-refractivity contribution in [2.24, 2.45) is 0 Å². The fourth-order valence-corrected chi connectivity index (χ4v) is 3.09. The molecule has 0 aromatic carbocycles. The number of piperazine rings is 1. The number of aromatic nitrogens is 1. The predicted molar refractivity (Wildman–Crippen MR) is 65.7 cm³/mol. The lowest BCUT2D eigenvalue weighted by molar-refractivity contribution is 0.0447. The van der Waals surface area contributed by atoms with E-state index in [-0.39, 0.29) is 0 Å². The number of fused-ring (bicyclic) bond motifs is 1. The highest BCUT2D eigenvalue weighted by Gasteiger charge is 2.28. The first kappa shape index (κ1) is 11.2. The predicted octanol–water partition coefficient (Wildman–Crippen LogP) is 1.65. The van der Waals surface area contributed by atoms with Crippen LogP contribution in [0.25, 0.3) is 0 Å². The molecule has 1 atom stereocenters. The summed E-state index contributed by atoms with van der Waals surface area (Å²) >= 11 is 0. The lowest BCUT2D eigenvalue weighted by atomic mass is 9.99. The smallest absolute Gasteiger partial charge is 0.133 e. The third kappa shape index (κ3) is 2.53. The van der Waals surface area contributed by atoms with Gasteiger partial charge in [-0.2, -0.15) is 0 Å². The first-order chi connectivity index (χ1) is 8.31. The van der Waals surface area contributed by atoms with Gasteiger partial charge in [0.25, 0.3) is 0 Å². The van der Waals surface area contributed by atoms with Gasteiger partial charge in [-0.25, -0.2) is 0 Å². The van der Waals surface area contributed by atoms with Crippen LogP contribution in [0.3, 0.4) is 0 Å². The largest absolute Gasteiger partial charge is 0.361 e. The topological polar surface area (TPSA) is 32.5 Å². The summed E-state index contributed by atoms with van der Waals surface area (Å²) in [6.07, 6.45) is 4.16. The number of aryl methyl sites for hydroxylation is 1.